The smallest absolute Gasteiger partial charge is 0.339 e. The number of amides is 1. The number of esters is 1. The van der Waals surface area contributed by atoms with Crippen LogP contribution in [0.4, 0.5) is 0 Å². The molecule has 4 nitrogen and oxygen atoms in total. The molecule has 0 aliphatic carbocycles. The van der Waals surface area contributed by atoms with Crippen LogP contribution in [0.1, 0.15) is 56.0 Å². The van der Waals surface area contributed by atoms with Crippen LogP contribution in [0, 0.1) is 5.92 Å². The summed E-state index contributed by atoms with van der Waals surface area (Å²) in [6, 6.07) is 7.39. The molecule has 1 aliphatic heterocycles. The first-order valence-corrected chi connectivity index (χ1v) is 8.06. The Morgan fingerprint density at radius 3 is 2.73 bits per heavy atom. The number of benzene rings is 1. The van der Waals surface area contributed by atoms with Crippen molar-refractivity contribution >= 4 is 11.9 Å². The fraction of sp³-hybridized carbons (Fsp3) is 0.556. The van der Waals surface area contributed by atoms with Crippen LogP contribution in [-0.2, 0) is 16.0 Å². The molecule has 1 N–H and O–H groups in total. The molecule has 1 aromatic carbocycles. The maximum Gasteiger partial charge on any atom is 0.339 e. The first kappa shape index (κ1) is 16.5. The van der Waals surface area contributed by atoms with E-state index in [0.717, 1.165) is 24.8 Å². The summed E-state index contributed by atoms with van der Waals surface area (Å²) in [5.74, 6) is 0.0769. The Labute approximate surface area is 132 Å². The van der Waals surface area contributed by atoms with Gasteiger partial charge >= 0.3 is 5.97 Å². The molecule has 4 heteroatoms. The zero-order valence-electron chi connectivity index (χ0n) is 13.6. The summed E-state index contributed by atoms with van der Waals surface area (Å²) in [5.41, 5.74) is 1.45. The highest BCUT2D eigenvalue weighted by Crippen LogP contribution is 2.20. The van der Waals surface area contributed by atoms with Gasteiger partial charge in [0.1, 0.15) is 0 Å². The molecule has 0 saturated carbocycles. The summed E-state index contributed by atoms with van der Waals surface area (Å²) in [6.45, 7) is 6.39. The SMILES string of the molecule is CC(C)CCCC(C)NC(=O)C1Cc2ccccc2C(=O)O1. The van der Waals surface area contributed by atoms with Gasteiger partial charge in [-0.15, -0.1) is 0 Å². The van der Waals surface area contributed by atoms with Crippen LogP contribution in [0.15, 0.2) is 24.3 Å². The summed E-state index contributed by atoms with van der Waals surface area (Å²) in [5, 5.41) is 2.96. The van der Waals surface area contributed by atoms with E-state index in [1.807, 2.05) is 19.1 Å². The summed E-state index contributed by atoms with van der Waals surface area (Å²) in [7, 11) is 0. The third kappa shape index (κ3) is 4.33. The van der Waals surface area contributed by atoms with Crippen LogP contribution in [-0.4, -0.2) is 24.0 Å². The highest BCUT2D eigenvalue weighted by atomic mass is 16.5. The number of carbonyl (C=O) groups excluding carboxylic acids is 2. The third-order valence-electron chi connectivity index (χ3n) is 3.99. The van der Waals surface area contributed by atoms with Crippen LogP contribution in [0.5, 0.6) is 0 Å². The van der Waals surface area contributed by atoms with E-state index in [-0.39, 0.29) is 11.9 Å². The minimum Gasteiger partial charge on any atom is -0.448 e. The second-order valence-corrected chi connectivity index (χ2v) is 6.49. The van der Waals surface area contributed by atoms with Crippen molar-refractivity contribution < 1.29 is 14.3 Å². The molecular formula is C18H25NO3. The molecule has 2 unspecified atom stereocenters. The molecule has 1 aromatic rings. The lowest BCUT2D eigenvalue weighted by molar-refractivity contribution is -0.131. The van der Waals surface area contributed by atoms with Crippen LogP contribution < -0.4 is 5.32 Å². The van der Waals surface area contributed by atoms with Crippen molar-refractivity contribution in [2.45, 2.75) is 58.6 Å². The van der Waals surface area contributed by atoms with Crippen LogP contribution in [0.25, 0.3) is 0 Å². The monoisotopic (exact) mass is 303 g/mol. The fourth-order valence-electron chi connectivity index (χ4n) is 2.72. The first-order chi connectivity index (χ1) is 10.5. The minimum atomic E-state index is -0.713. The first-order valence-electron chi connectivity index (χ1n) is 8.06. The van der Waals surface area contributed by atoms with Gasteiger partial charge in [0, 0.05) is 12.5 Å². The average molecular weight is 303 g/mol. The number of nitrogens with one attached hydrogen (secondary N) is 1. The molecule has 0 aromatic heterocycles. The highest BCUT2D eigenvalue weighted by molar-refractivity contribution is 5.95. The lowest BCUT2D eigenvalue weighted by Gasteiger charge is -2.25. The van der Waals surface area contributed by atoms with Crippen molar-refractivity contribution in [1.82, 2.24) is 5.32 Å². The van der Waals surface area contributed by atoms with Gasteiger partial charge in [-0.05, 0) is 30.9 Å². The second kappa shape index (κ2) is 7.43. The highest BCUT2D eigenvalue weighted by Gasteiger charge is 2.31. The van der Waals surface area contributed by atoms with Gasteiger partial charge in [-0.1, -0.05) is 44.9 Å². The number of cyclic esters (lactones) is 1. The lowest BCUT2D eigenvalue weighted by atomic mass is 9.98. The molecule has 1 amide bonds. The van der Waals surface area contributed by atoms with Crippen molar-refractivity contribution in [2.75, 3.05) is 0 Å². The molecule has 22 heavy (non-hydrogen) atoms. The number of ether oxygens (including phenoxy) is 1. The molecule has 2 rings (SSSR count). The zero-order chi connectivity index (χ0) is 16.1. The van der Waals surface area contributed by atoms with Gasteiger partial charge < -0.3 is 10.1 Å². The molecule has 0 saturated heterocycles. The Bertz CT molecular complexity index is 539. The van der Waals surface area contributed by atoms with Gasteiger partial charge in [0.05, 0.1) is 5.56 Å². The maximum absolute atomic E-state index is 12.3. The largest absolute Gasteiger partial charge is 0.448 e. The van der Waals surface area contributed by atoms with Crippen molar-refractivity contribution in [1.29, 1.82) is 0 Å². The maximum atomic E-state index is 12.3. The Kier molecular flexibility index (Phi) is 5.58. The normalized spacial score (nSPS) is 18.5. The van der Waals surface area contributed by atoms with Gasteiger partial charge in [0.25, 0.3) is 5.91 Å². The number of hydrogen-bond acceptors (Lipinski definition) is 3. The lowest BCUT2D eigenvalue weighted by Crippen LogP contribution is -2.45. The number of carbonyl (C=O) groups is 2. The topological polar surface area (TPSA) is 55.4 Å². The van der Waals surface area contributed by atoms with E-state index in [2.05, 4.69) is 19.2 Å². The van der Waals surface area contributed by atoms with Crippen molar-refractivity contribution in [2.24, 2.45) is 5.92 Å². The predicted octanol–water partition coefficient (Wildman–Crippen LogP) is 3.10. The van der Waals surface area contributed by atoms with E-state index in [9.17, 15) is 9.59 Å². The number of rotatable bonds is 6. The Hall–Kier alpha value is -1.84. The van der Waals surface area contributed by atoms with Gasteiger partial charge in [-0.3, -0.25) is 4.79 Å². The van der Waals surface area contributed by atoms with E-state index in [4.69, 9.17) is 4.74 Å². The zero-order valence-corrected chi connectivity index (χ0v) is 13.6. The van der Waals surface area contributed by atoms with E-state index >= 15 is 0 Å². The standard InChI is InChI=1S/C18H25NO3/c1-12(2)7-6-8-13(3)19-17(20)16-11-14-9-4-5-10-15(14)18(21)22-16/h4-5,9-10,12-13,16H,6-8,11H2,1-3H3,(H,19,20). The molecular weight excluding hydrogens is 278 g/mol. The second-order valence-electron chi connectivity index (χ2n) is 6.49. The Morgan fingerprint density at radius 2 is 2.00 bits per heavy atom. The molecule has 120 valence electrons. The molecule has 0 radical (unpaired) electrons. The van der Waals surface area contributed by atoms with Crippen molar-refractivity contribution in [3.63, 3.8) is 0 Å². The Balaban J connectivity index is 1.87. The van der Waals surface area contributed by atoms with Gasteiger partial charge in [0.2, 0.25) is 0 Å². The van der Waals surface area contributed by atoms with E-state index in [1.54, 1.807) is 12.1 Å². The van der Waals surface area contributed by atoms with Gasteiger partial charge in [-0.2, -0.15) is 0 Å². The van der Waals surface area contributed by atoms with Crippen LogP contribution in [0.2, 0.25) is 0 Å². The summed E-state index contributed by atoms with van der Waals surface area (Å²) >= 11 is 0. The quantitative estimate of drug-likeness (QED) is 0.822. The fourth-order valence-corrected chi connectivity index (χ4v) is 2.72. The van der Waals surface area contributed by atoms with E-state index in [0.29, 0.717) is 17.9 Å². The molecule has 1 aliphatic rings. The van der Waals surface area contributed by atoms with Gasteiger partial charge in [0.15, 0.2) is 6.10 Å². The van der Waals surface area contributed by atoms with Crippen molar-refractivity contribution in [3.05, 3.63) is 35.4 Å². The molecule has 0 bridgehead atoms. The number of fused-ring (bicyclic) bond motifs is 1. The molecule has 1 heterocycles. The van der Waals surface area contributed by atoms with Crippen LogP contribution in [0.3, 0.4) is 0 Å². The summed E-state index contributed by atoms with van der Waals surface area (Å²) in [4.78, 5) is 24.2. The average Bonchev–Trinajstić information content (AvgIpc) is 2.46. The predicted molar refractivity (Wildman–Crippen MR) is 85.6 cm³/mol. The summed E-state index contributed by atoms with van der Waals surface area (Å²) < 4.78 is 5.27. The van der Waals surface area contributed by atoms with E-state index in [1.165, 1.54) is 0 Å². The van der Waals surface area contributed by atoms with Crippen LogP contribution >= 0.6 is 0 Å². The molecule has 2 atom stereocenters. The van der Waals surface area contributed by atoms with Gasteiger partial charge in [-0.25, -0.2) is 4.79 Å². The minimum absolute atomic E-state index is 0.0992. The van der Waals surface area contributed by atoms with E-state index < -0.39 is 12.1 Å². The molecule has 0 fully saturated rings. The molecule has 0 spiro atoms. The third-order valence-corrected chi connectivity index (χ3v) is 3.99. The summed E-state index contributed by atoms with van der Waals surface area (Å²) in [6.07, 6.45) is 2.93. The Morgan fingerprint density at radius 1 is 1.27 bits per heavy atom. The van der Waals surface area contributed by atoms with Crippen molar-refractivity contribution in [3.8, 4) is 0 Å². The number of hydrogen-bond donors (Lipinski definition) is 1.